The molecule has 1 aliphatic carbocycles. The SMILES string of the molecule is NC1=NC2(CCCCC2)N(c2cc(F)ccc2-n2cccn2)C(N)=N1. The topological polar surface area (TPSA) is 97.8 Å². The van der Waals surface area contributed by atoms with Crippen molar-refractivity contribution in [3.63, 3.8) is 0 Å². The molecule has 1 spiro atoms. The zero-order chi connectivity index (χ0) is 17.4. The van der Waals surface area contributed by atoms with Crippen LogP contribution in [-0.2, 0) is 0 Å². The number of aromatic nitrogens is 2. The molecular weight excluding hydrogens is 321 g/mol. The van der Waals surface area contributed by atoms with Crippen LogP contribution in [0.3, 0.4) is 0 Å². The summed E-state index contributed by atoms with van der Waals surface area (Å²) in [6, 6.07) is 6.35. The minimum absolute atomic E-state index is 0.174. The predicted molar refractivity (Wildman–Crippen MR) is 95.1 cm³/mol. The van der Waals surface area contributed by atoms with Crippen molar-refractivity contribution in [2.45, 2.75) is 37.8 Å². The van der Waals surface area contributed by atoms with Crippen LogP contribution < -0.4 is 16.4 Å². The molecule has 1 aromatic heterocycles. The van der Waals surface area contributed by atoms with Crippen LogP contribution in [-0.4, -0.2) is 27.4 Å². The molecule has 1 aliphatic heterocycles. The molecule has 0 radical (unpaired) electrons. The number of guanidine groups is 2. The molecule has 1 saturated carbocycles. The van der Waals surface area contributed by atoms with Gasteiger partial charge < -0.3 is 11.5 Å². The summed E-state index contributed by atoms with van der Waals surface area (Å²) in [5.74, 6) is 0.0493. The number of hydrogen-bond acceptors (Lipinski definition) is 6. The van der Waals surface area contributed by atoms with Crippen molar-refractivity contribution in [1.29, 1.82) is 0 Å². The monoisotopic (exact) mass is 341 g/mol. The molecule has 2 aromatic rings. The molecule has 0 unspecified atom stereocenters. The van der Waals surface area contributed by atoms with Crippen LogP contribution in [0, 0.1) is 5.82 Å². The highest BCUT2D eigenvalue weighted by Gasteiger charge is 2.43. The van der Waals surface area contributed by atoms with E-state index in [9.17, 15) is 4.39 Å². The van der Waals surface area contributed by atoms with Gasteiger partial charge in [-0.3, -0.25) is 4.90 Å². The quantitative estimate of drug-likeness (QED) is 0.874. The number of halogens is 1. The fraction of sp³-hybridized carbons (Fsp3) is 0.353. The first-order valence-electron chi connectivity index (χ1n) is 8.38. The standard InChI is InChI=1S/C17H20FN7/c18-12-5-6-13(24-10-4-9-21-24)14(11-12)25-16(20)22-15(19)23-17(25)7-2-1-3-8-17/h4-6,9-11H,1-3,7-8H2,(H4,19,20,22,23). The molecule has 130 valence electrons. The van der Waals surface area contributed by atoms with E-state index in [0.29, 0.717) is 11.4 Å². The molecule has 0 amide bonds. The van der Waals surface area contributed by atoms with E-state index in [1.807, 2.05) is 11.0 Å². The zero-order valence-electron chi connectivity index (χ0n) is 13.8. The van der Waals surface area contributed by atoms with E-state index >= 15 is 0 Å². The molecule has 4 rings (SSSR count). The summed E-state index contributed by atoms with van der Waals surface area (Å²) in [6.45, 7) is 0. The number of nitrogens with two attached hydrogens (primary N) is 2. The van der Waals surface area contributed by atoms with Crippen molar-refractivity contribution < 1.29 is 4.39 Å². The number of aliphatic imine (C=N–C) groups is 2. The first-order valence-corrected chi connectivity index (χ1v) is 8.38. The maximum atomic E-state index is 14.1. The minimum atomic E-state index is -0.621. The summed E-state index contributed by atoms with van der Waals surface area (Å²) in [4.78, 5) is 10.6. The molecule has 1 fully saturated rings. The molecule has 4 N–H and O–H groups in total. The Labute approximate surface area is 144 Å². The lowest BCUT2D eigenvalue weighted by molar-refractivity contribution is 0.305. The summed E-state index contributed by atoms with van der Waals surface area (Å²) in [5.41, 5.74) is 12.8. The fourth-order valence-electron chi connectivity index (χ4n) is 3.75. The van der Waals surface area contributed by atoms with Gasteiger partial charge in [0, 0.05) is 12.4 Å². The van der Waals surface area contributed by atoms with Crippen molar-refractivity contribution in [2.24, 2.45) is 21.5 Å². The minimum Gasteiger partial charge on any atom is -0.369 e. The highest BCUT2D eigenvalue weighted by atomic mass is 19.1. The van der Waals surface area contributed by atoms with Gasteiger partial charge in [-0.15, -0.1) is 0 Å². The number of hydrogen-bond donors (Lipinski definition) is 2. The summed E-state index contributed by atoms with van der Waals surface area (Å²) >= 11 is 0. The van der Waals surface area contributed by atoms with Crippen LogP contribution in [0.15, 0.2) is 46.6 Å². The third kappa shape index (κ3) is 2.63. The van der Waals surface area contributed by atoms with E-state index in [4.69, 9.17) is 11.5 Å². The van der Waals surface area contributed by atoms with Crippen molar-refractivity contribution in [2.75, 3.05) is 4.90 Å². The van der Waals surface area contributed by atoms with E-state index in [1.54, 1.807) is 23.1 Å². The van der Waals surface area contributed by atoms with Crippen molar-refractivity contribution in [3.8, 4) is 5.69 Å². The van der Waals surface area contributed by atoms with Crippen LogP contribution in [0.1, 0.15) is 32.1 Å². The highest BCUT2D eigenvalue weighted by Crippen LogP contribution is 2.41. The van der Waals surface area contributed by atoms with E-state index in [0.717, 1.165) is 32.1 Å². The summed E-state index contributed by atoms with van der Waals surface area (Å²) < 4.78 is 15.8. The summed E-state index contributed by atoms with van der Waals surface area (Å²) in [5, 5.41) is 4.27. The Bertz CT molecular complexity index is 835. The van der Waals surface area contributed by atoms with Gasteiger partial charge in [-0.2, -0.15) is 10.1 Å². The van der Waals surface area contributed by atoms with Crippen LogP contribution in [0.25, 0.3) is 5.69 Å². The lowest BCUT2D eigenvalue weighted by Gasteiger charge is -2.46. The maximum Gasteiger partial charge on any atom is 0.220 e. The first kappa shape index (κ1) is 15.6. The third-order valence-corrected chi connectivity index (χ3v) is 4.78. The van der Waals surface area contributed by atoms with Gasteiger partial charge in [0.1, 0.15) is 11.5 Å². The van der Waals surface area contributed by atoms with E-state index < -0.39 is 5.66 Å². The first-order chi connectivity index (χ1) is 12.1. The van der Waals surface area contributed by atoms with Crippen LogP contribution in [0.2, 0.25) is 0 Å². The van der Waals surface area contributed by atoms with E-state index in [1.165, 1.54) is 12.1 Å². The Balaban J connectivity index is 1.90. The number of nitrogens with zero attached hydrogens (tertiary/aromatic N) is 5. The van der Waals surface area contributed by atoms with Gasteiger partial charge in [0.25, 0.3) is 0 Å². The van der Waals surface area contributed by atoms with Gasteiger partial charge in [0.15, 0.2) is 0 Å². The van der Waals surface area contributed by atoms with Crippen molar-refractivity contribution >= 4 is 17.6 Å². The lowest BCUT2D eigenvalue weighted by atomic mass is 9.87. The third-order valence-electron chi connectivity index (χ3n) is 4.78. The smallest absolute Gasteiger partial charge is 0.220 e. The van der Waals surface area contributed by atoms with Gasteiger partial charge in [0.2, 0.25) is 11.9 Å². The van der Waals surface area contributed by atoms with Gasteiger partial charge in [0.05, 0.1) is 11.4 Å². The second-order valence-electron chi connectivity index (χ2n) is 6.40. The summed E-state index contributed by atoms with van der Waals surface area (Å²) in [7, 11) is 0. The largest absolute Gasteiger partial charge is 0.369 e. The normalized spacial score (nSPS) is 19.6. The average molecular weight is 341 g/mol. The molecule has 2 aliphatic rings. The molecule has 2 heterocycles. The molecule has 8 heteroatoms. The van der Waals surface area contributed by atoms with Crippen molar-refractivity contribution in [3.05, 3.63) is 42.5 Å². The van der Waals surface area contributed by atoms with Crippen molar-refractivity contribution in [1.82, 2.24) is 9.78 Å². The zero-order valence-corrected chi connectivity index (χ0v) is 13.8. The second-order valence-corrected chi connectivity index (χ2v) is 6.40. The Morgan fingerprint density at radius 2 is 1.88 bits per heavy atom. The Hall–Kier alpha value is -2.90. The number of anilines is 1. The lowest BCUT2D eigenvalue weighted by Crippen LogP contribution is -2.58. The average Bonchev–Trinajstić information content (AvgIpc) is 3.09. The molecule has 25 heavy (non-hydrogen) atoms. The molecule has 1 aromatic carbocycles. The van der Waals surface area contributed by atoms with E-state index in [2.05, 4.69) is 15.1 Å². The molecular formula is C17H20FN7. The van der Waals surface area contributed by atoms with Crippen LogP contribution in [0.5, 0.6) is 0 Å². The number of rotatable bonds is 2. The maximum absolute atomic E-state index is 14.1. The van der Waals surface area contributed by atoms with Gasteiger partial charge in [-0.25, -0.2) is 14.1 Å². The second kappa shape index (κ2) is 5.87. The van der Waals surface area contributed by atoms with E-state index in [-0.39, 0.29) is 17.7 Å². The van der Waals surface area contributed by atoms with Gasteiger partial charge in [-0.1, -0.05) is 6.42 Å². The number of benzene rings is 1. The molecule has 0 atom stereocenters. The van der Waals surface area contributed by atoms with Crippen LogP contribution in [0.4, 0.5) is 10.1 Å². The Morgan fingerprint density at radius 1 is 1.08 bits per heavy atom. The Kier molecular flexibility index (Phi) is 3.67. The molecule has 0 bridgehead atoms. The van der Waals surface area contributed by atoms with Crippen LogP contribution >= 0.6 is 0 Å². The highest BCUT2D eigenvalue weighted by molar-refractivity contribution is 6.06. The van der Waals surface area contributed by atoms with Gasteiger partial charge in [-0.05, 0) is 49.9 Å². The fourth-order valence-corrected chi connectivity index (χ4v) is 3.75. The van der Waals surface area contributed by atoms with Gasteiger partial charge >= 0.3 is 0 Å². The molecule has 0 saturated heterocycles. The predicted octanol–water partition coefficient (Wildman–Crippen LogP) is 2.12. The Morgan fingerprint density at radius 3 is 2.60 bits per heavy atom. The molecule has 7 nitrogen and oxygen atoms in total. The summed E-state index contributed by atoms with van der Waals surface area (Å²) in [6.07, 6.45) is 8.21.